The van der Waals surface area contributed by atoms with Gasteiger partial charge in [0.1, 0.15) is 0 Å². The molecule has 0 spiro atoms. The monoisotopic (exact) mass is 253 g/mol. The van der Waals surface area contributed by atoms with Crippen molar-refractivity contribution in [3.05, 3.63) is 0 Å². The number of nitrogens with two attached hydrogens (primary N) is 1. The normalized spacial score (nSPS) is 10.2. The molecule has 100 valence electrons. The van der Waals surface area contributed by atoms with Gasteiger partial charge in [0, 0.05) is 13.2 Å². The first-order chi connectivity index (χ1) is 7.91. The van der Waals surface area contributed by atoms with E-state index in [1.807, 2.05) is 0 Å². The average Bonchev–Trinajstić information content (AvgIpc) is 2.31. The van der Waals surface area contributed by atoms with Gasteiger partial charge in [0.25, 0.3) is 0 Å². The van der Waals surface area contributed by atoms with Gasteiger partial charge in [0.2, 0.25) is 0 Å². The molecule has 0 aliphatic carbocycles. The first-order valence-electron chi connectivity index (χ1n) is 7.19. The molecule has 0 aromatic rings. The Morgan fingerprint density at radius 3 is 1.65 bits per heavy atom. The second-order valence-corrected chi connectivity index (χ2v) is 4.58. The van der Waals surface area contributed by atoms with Gasteiger partial charge in [0.05, 0.1) is 6.61 Å². The summed E-state index contributed by atoms with van der Waals surface area (Å²) in [4.78, 5) is 0. The van der Waals surface area contributed by atoms with Crippen molar-refractivity contribution in [2.24, 2.45) is 5.73 Å². The summed E-state index contributed by atoms with van der Waals surface area (Å²) in [5.74, 6) is 0. The molecule has 2 N–H and O–H groups in total. The molecule has 3 heteroatoms. The third kappa shape index (κ3) is 19.4. The number of rotatable bonds is 13. The molecule has 0 aliphatic rings. The van der Waals surface area contributed by atoms with Crippen LogP contribution in [0, 0.1) is 0 Å². The quantitative estimate of drug-likeness (QED) is 0.404. The van der Waals surface area contributed by atoms with Crippen LogP contribution in [0.4, 0.5) is 0 Å². The summed E-state index contributed by atoms with van der Waals surface area (Å²) in [6.45, 7) is 4.54. The second kappa shape index (κ2) is 19.3. The molecule has 0 rings (SSSR count). The molecule has 0 aromatic heterocycles. The van der Waals surface area contributed by atoms with Crippen molar-refractivity contribution in [1.29, 1.82) is 0 Å². The molecule has 0 saturated heterocycles. The van der Waals surface area contributed by atoms with E-state index in [2.05, 4.69) is 6.92 Å². The van der Waals surface area contributed by atoms with E-state index in [0.717, 1.165) is 13.2 Å². The molecule has 2 nitrogen and oxygen atoms in total. The van der Waals surface area contributed by atoms with Crippen molar-refractivity contribution in [1.82, 2.24) is 0 Å². The third-order valence-corrected chi connectivity index (χ3v) is 2.90. The fourth-order valence-electron chi connectivity index (χ4n) is 1.88. The van der Waals surface area contributed by atoms with Gasteiger partial charge in [-0.2, -0.15) is 0 Å². The van der Waals surface area contributed by atoms with Crippen LogP contribution in [0.3, 0.4) is 0 Å². The van der Waals surface area contributed by atoms with Crippen LogP contribution in [0.25, 0.3) is 0 Å². The van der Waals surface area contributed by atoms with E-state index >= 15 is 0 Å². The van der Waals surface area contributed by atoms with Gasteiger partial charge in [-0.1, -0.05) is 64.7 Å². The summed E-state index contributed by atoms with van der Waals surface area (Å²) < 4.78 is 5.33. The SMILES string of the molecule is CCCCCCCCCCCCOCCN.[NaH]. The summed E-state index contributed by atoms with van der Waals surface area (Å²) in [5.41, 5.74) is 5.33. The van der Waals surface area contributed by atoms with Gasteiger partial charge in [-0.3, -0.25) is 0 Å². The van der Waals surface area contributed by atoms with Crippen LogP contribution in [-0.2, 0) is 4.74 Å². The Hall–Kier alpha value is 0.920. The van der Waals surface area contributed by atoms with Crippen molar-refractivity contribution >= 4 is 29.6 Å². The van der Waals surface area contributed by atoms with Crippen molar-refractivity contribution in [3.63, 3.8) is 0 Å². The van der Waals surface area contributed by atoms with Crippen molar-refractivity contribution in [2.45, 2.75) is 71.1 Å². The Bertz CT molecular complexity index is 109. The molecule has 17 heavy (non-hydrogen) atoms. The van der Waals surface area contributed by atoms with E-state index in [1.165, 1.54) is 64.2 Å². The third-order valence-electron chi connectivity index (χ3n) is 2.90. The molecular formula is C14H32NNaO. The molecule has 0 saturated carbocycles. The van der Waals surface area contributed by atoms with E-state index in [1.54, 1.807) is 0 Å². The Kier molecular flexibility index (Phi) is 22.9. The maximum absolute atomic E-state index is 5.33. The summed E-state index contributed by atoms with van der Waals surface area (Å²) in [6, 6.07) is 0. The minimum absolute atomic E-state index is 0. The Morgan fingerprint density at radius 1 is 0.706 bits per heavy atom. The van der Waals surface area contributed by atoms with Crippen molar-refractivity contribution in [2.75, 3.05) is 19.8 Å². The standard InChI is InChI=1S/C14H31NO.Na.H/c1-2-3-4-5-6-7-8-9-10-11-13-16-14-12-15;;/h2-15H2,1H3;;. The fraction of sp³-hybridized carbons (Fsp3) is 1.00. The summed E-state index contributed by atoms with van der Waals surface area (Å²) in [7, 11) is 0. The number of hydrogen-bond acceptors (Lipinski definition) is 2. The summed E-state index contributed by atoms with van der Waals surface area (Å²) in [6.07, 6.45) is 13.8. The van der Waals surface area contributed by atoms with Crippen molar-refractivity contribution in [3.8, 4) is 0 Å². The van der Waals surface area contributed by atoms with Gasteiger partial charge >= 0.3 is 29.6 Å². The number of hydrogen-bond donors (Lipinski definition) is 1. The van der Waals surface area contributed by atoms with Gasteiger partial charge < -0.3 is 10.5 Å². The van der Waals surface area contributed by atoms with E-state index in [4.69, 9.17) is 10.5 Å². The van der Waals surface area contributed by atoms with Crippen LogP contribution in [-0.4, -0.2) is 49.3 Å². The second-order valence-electron chi connectivity index (χ2n) is 4.58. The first-order valence-corrected chi connectivity index (χ1v) is 7.19. The molecular weight excluding hydrogens is 221 g/mol. The Morgan fingerprint density at radius 2 is 1.18 bits per heavy atom. The predicted molar refractivity (Wildman–Crippen MR) is 78.9 cm³/mol. The molecule has 0 fully saturated rings. The van der Waals surface area contributed by atoms with Crippen LogP contribution in [0.15, 0.2) is 0 Å². The molecule has 0 atom stereocenters. The van der Waals surface area contributed by atoms with Gasteiger partial charge in [0.15, 0.2) is 0 Å². The van der Waals surface area contributed by atoms with Crippen LogP contribution in [0.2, 0.25) is 0 Å². The van der Waals surface area contributed by atoms with Gasteiger partial charge in [-0.25, -0.2) is 0 Å². The van der Waals surface area contributed by atoms with Crippen LogP contribution in [0.5, 0.6) is 0 Å². The maximum atomic E-state index is 5.33. The predicted octanol–water partition coefficient (Wildman–Crippen LogP) is 3.23. The zero-order valence-electron chi connectivity index (χ0n) is 11.2. The molecule has 0 aromatic carbocycles. The first kappa shape index (κ1) is 20.2. The van der Waals surface area contributed by atoms with Crippen LogP contribution < -0.4 is 5.73 Å². The van der Waals surface area contributed by atoms with Gasteiger partial charge in [-0.15, -0.1) is 0 Å². The van der Waals surface area contributed by atoms with E-state index in [-0.39, 0.29) is 29.6 Å². The fourth-order valence-corrected chi connectivity index (χ4v) is 1.88. The van der Waals surface area contributed by atoms with Crippen LogP contribution in [0.1, 0.15) is 71.1 Å². The molecule has 0 heterocycles. The molecule has 0 bridgehead atoms. The zero-order valence-corrected chi connectivity index (χ0v) is 11.2. The number of ether oxygens (including phenoxy) is 1. The van der Waals surface area contributed by atoms with E-state index in [0.29, 0.717) is 6.54 Å². The van der Waals surface area contributed by atoms with Crippen molar-refractivity contribution < 1.29 is 4.74 Å². The molecule has 0 radical (unpaired) electrons. The zero-order chi connectivity index (χ0) is 11.9. The van der Waals surface area contributed by atoms with Crippen LogP contribution >= 0.6 is 0 Å². The summed E-state index contributed by atoms with van der Waals surface area (Å²) >= 11 is 0. The average molecular weight is 253 g/mol. The number of unbranched alkanes of at least 4 members (excludes halogenated alkanes) is 9. The minimum atomic E-state index is 0. The van der Waals surface area contributed by atoms with E-state index in [9.17, 15) is 0 Å². The topological polar surface area (TPSA) is 35.2 Å². The Labute approximate surface area is 130 Å². The molecule has 0 amide bonds. The van der Waals surface area contributed by atoms with Gasteiger partial charge in [-0.05, 0) is 6.42 Å². The summed E-state index contributed by atoms with van der Waals surface area (Å²) in [5, 5.41) is 0. The van der Waals surface area contributed by atoms with E-state index < -0.39 is 0 Å². The molecule has 0 aliphatic heterocycles. The Balaban J connectivity index is 0. The molecule has 0 unspecified atom stereocenters.